The maximum Gasteiger partial charge on any atom is 0.0459 e. The Morgan fingerprint density at radius 1 is 0.952 bits per heavy atom. The summed E-state index contributed by atoms with van der Waals surface area (Å²) in [6, 6.07) is 19.3. The summed E-state index contributed by atoms with van der Waals surface area (Å²) in [7, 11) is 0. The van der Waals surface area contributed by atoms with E-state index in [0.717, 1.165) is 5.75 Å². The van der Waals surface area contributed by atoms with Gasteiger partial charge in [-0.2, -0.15) is 11.8 Å². The first kappa shape index (κ1) is 14.7. The zero-order valence-electron chi connectivity index (χ0n) is 12.2. The molecule has 3 rings (SSSR count). The predicted molar refractivity (Wildman–Crippen MR) is 91.4 cm³/mol. The number of benzene rings is 2. The van der Waals surface area contributed by atoms with Gasteiger partial charge in [0.25, 0.3) is 0 Å². The summed E-state index contributed by atoms with van der Waals surface area (Å²) < 4.78 is 0. The monoisotopic (exact) mass is 298 g/mol. The molecule has 110 valence electrons. The van der Waals surface area contributed by atoms with E-state index in [-0.39, 0.29) is 0 Å². The van der Waals surface area contributed by atoms with Crippen LogP contribution in [0.1, 0.15) is 24.8 Å². The number of aliphatic hydroxyl groups is 1. The quantitative estimate of drug-likeness (QED) is 0.859. The van der Waals surface area contributed by atoms with Crippen molar-refractivity contribution in [1.29, 1.82) is 0 Å². The Morgan fingerprint density at radius 2 is 1.71 bits per heavy atom. The van der Waals surface area contributed by atoms with Gasteiger partial charge in [-0.25, -0.2) is 0 Å². The SMILES string of the molecule is OC[C@H]1CC[C@@H](SCc2ccccc2-c2ccccc2)C1. The van der Waals surface area contributed by atoms with E-state index in [4.69, 9.17) is 0 Å². The van der Waals surface area contributed by atoms with E-state index >= 15 is 0 Å². The third-order valence-electron chi connectivity index (χ3n) is 4.33. The van der Waals surface area contributed by atoms with Crippen LogP contribution in [-0.4, -0.2) is 17.0 Å². The highest BCUT2D eigenvalue weighted by atomic mass is 32.2. The fourth-order valence-corrected chi connectivity index (χ4v) is 4.48. The van der Waals surface area contributed by atoms with Crippen molar-refractivity contribution < 1.29 is 5.11 Å². The molecule has 1 aliphatic carbocycles. The molecule has 0 saturated heterocycles. The van der Waals surface area contributed by atoms with Crippen molar-refractivity contribution in [1.82, 2.24) is 0 Å². The third-order valence-corrected chi connectivity index (χ3v) is 5.71. The topological polar surface area (TPSA) is 20.2 Å². The Labute approximate surface area is 131 Å². The zero-order valence-corrected chi connectivity index (χ0v) is 13.1. The Kier molecular flexibility index (Phi) is 5.00. The lowest BCUT2D eigenvalue weighted by Gasteiger charge is -2.13. The van der Waals surface area contributed by atoms with E-state index in [1.165, 1.54) is 36.0 Å². The van der Waals surface area contributed by atoms with Crippen LogP contribution in [0.3, 0.4) is 0 Å². The second-order valence-corrected chi connectivity index (χ2v) is 7.11. The van der Waals surface area contributed by atoms with Gasteiger partial charge in [-0.05, 0) is 41.9 Å². The molecule has 1 nitrogen and oxygen atoms in total. The van der Waals surface area contributed by atoms with Crippen LogP contribution < -0.4 is 0 Å². The highest BCUT2D eigenvalue weighted by Gasteiger charge is 2.24. The molecule has 1 aliphatic rings. The molecule has 0 amide bonds. The van der Waals surface area contributed by atoms with Crippen molar-refractivity contribution in [3.05, 3.63) is 60.2 Å². The highest BCUT2D eigenvalue weighted by Crippen LogP contribution is 2.36. The van der Waals surface area contributed by atoms with Gasteiger partial charge in [0.15, 0.2) is 0 Å². The summed E-state index contributed by atoms with van der Waals surface area (Å²) in [5.74, 6) is 1.60. The van der Waals surface area contributed by atoms with Crippen LogP contribution in [0.25, 0.3) is 11.1 Å². The highest BCUT2D eigenvalue weighted by molar-refractivity contribution is 7.99. The van der Waals surface area contributed by atoms with Gasteiger partial charge in [-0.1, -0.05) is 54.6 Å². The van der Waals surface area contributed by atoms with E-state index in [1.807, 2.05) is 0 Å². The molecule has 0 radical (unpaired) electrons. The molecular formula is C19H22OS. The maximum atomic E-state index is 9.25. The molecule has 2 atom stereocenters. The van der Waals surface area contributed by atoms with E-state index in [9.17, 15) is 5.11 Å². The molecule has 1 saturated carbocycles. The van der Waals surface area contributed by atoms with Gasteiger partial charge in [0.1, 0.15) is 0 Å². The smallest absolute Gasteiger partial charge is 0.0459 e. The van der Waals surface area contributed by atoms with E-state index in [0.29, 0.717) is 17.8 Å². The van der Waals surface area contributed by atoms with Crippen molar-refractivity contribution in [3.63, 3.8) is 0 Å². The van der Waals surface area contributed by atoms with Crippen molar-refractivity contribution in [2.75, 3.05) is 6.61 Å². The van der Waals surface area contributed by atoms with Crippen molar-refractivity contribution in [2.24, 2.45) is 5.92 Å². The summed E-state index contributed by atoms with van der Waals surface area (Å²) >= 11 is 2.05. The van der Waals surface area contributed by atoms with Crippen LogP contribution in [0.5, 0.6) is 0 Å². The zero-order chi connectivity index (χ0) is 14.5. The number of thioether (sulfide) groups is 1. The summed E-state index contributed by atoms with van der Waals surface area (Å²) in [5.41, 5.74) is 4.07. The fourth-order valence-electron chi connectivity index (χ4n) is 3.10. The van der Waals surface area contributed by atoms with Crippen LogP contribution in [0, 0.1) is 5.92 Å². The minimum Gasteiger partial charge on any atom is -0.396 e. The molecule has 0 aliphatic heterocycles. The average Bonchev–Trinajstić information content (AvgIpc) is 3.02. The van der Waals surface area contributed by atoms with E-state index in [1.54, 1.807) is 0 Å². The Morgan fingerprint density at radius 3 is 2.48 bits per heavy atom. The molecular weight excluding hydrogens is 276 g/mol. The lowest BCUT2D eigenvalue weighted by atomic mass is 10.0. The molecule has 1 fully saturated rings. The lowest BCUT2D eigenvalue weighted by molar-refractivity contribution is 0.230. The standard InChI is InChI=1S/C19H22OS/c20-13-15-10-11-18(12-15)21-14-17-8-4-5-9-19(17)16-6-2-1-3-7-16/h1-9,15,18,20H,10-14H2/t15-,18+/m0/s1. The first-order valence-electron chi connectivity index (χ1n) is 7.72. The Bertz CT molecular complexity index is 567. The molecule has 2 heteroatoms. The van der Waals surface area contributed by atoms with Crippen molar-refractivity contribution in [3.8, 4) is 11.1 Å². The summed E-state index contributed by atoms with van der Waals surface area (Å²) in [6.45, 7) is 0.359. The van der Waals surface area contributed by atoms with E-state index in [2.05, 4.69) is 66.4 Å². The minimum atomic E-state index is 0.359. The van der Waals surface area contributed by atoms with Crippen LogP contribution in [-0.2, 0) is 5.75 Å². The normalized spacial score (nSPS) is 21.6. The number of rotatable bonds is 5. The van der Waals surface area contributed by atoms with Crippen molar-refractivity contribution in [2.45, 2.75) is 30.3 Å². The first-order chi connectivity index (χ1) is 10.4. The van der Waals surface area contributed by atoms with Crippen molar-refractivity contribution >= 4 is 11.8 Å². The van der Waals surface area contributed by atoms with E-state index < -0.39 is 0 Å². The largest absolute Gasteiger partial charge is 0.396 e. The van der Waals surface area contributed by atoms with Crippen LogP contribution in [0.4, 0.5) is 0 Å². The fraction of sp³-hybridized carbons (Fsp3) is 0.368. The number of hydrogen-bond acceptors (Lipinski definition) is 2. The molecule has 0 aromatic heterocycles. The van der Waals surface area contributed by atoms with Gasteiger partial charge in [-0.15, -0.1) is 0 Å². The maximum absolute atomic E-state index is 9.25. The molecule has 1 N–H and O–H groups in total. The van der Waals surface area contributed by atoms with Gasteiger partial charge in [0.05, 0.1) is 0 Å². The number of hydrogen-bond donors (Lipinski definition) is 1. The Balaban J connectivity index is 1.69. The number of aliphatic hydroxyl groups excluding tert-OH is 1. The van der Waals surface area contributed by atoms with Gasteiger partial charge >= 0.3 is 0 Å². The van der Waals surface area contributed by atoms with Crippen LogP contribution in [0.15, 0.2) is 54.6 Å². The van der Waals surface area contributed by atoms with Gasteiger partial charge < -0.3 is 5.11 Å². The minimum absolute atomic E-state index is 0.359. The summed E-state index contributed by atoms with van der Waals surface area (Å²) in [5, 5.41) is 9.97. The van der Waals surface area contributed by atoms with Gasteiger partial charge in [0, 0.05) is 17.6 Å². The summed E-state index contributed by atoms with van der Waals surface area (Å²) in [6.07, 6.45) is 3.62. The molecule has 0 heterocycles. The molecule has 21 heavy (non-hydrogen) atoms. The van der Waals surface area contributed by atoms with Gasteiger partial charge in [-0.3, -0.25) is 0 Å². The summed E-state index contributed by atoms with van der Waals surface area (Å²) in [4.78, 5) is 0. The molecule has 2 aromatic carbocycles. The van der Waals surface area contributed by atoms with Crippen LogP contribution in [0.2, 0.25) is 0 Å². The average molecular weight is 298 g/mol. The molecule has 0 unspecified atom stereocenters. The third kappa shape index (κ3) is 3.69. The van der Waals surface area contributed by atoms with Crippen LogP contribution >= 0.6 is 11.8 Å². The second kappa shape index (κ2) is 7.15. The first-order valence-corrected chi connectivity index (χ1v) is 8.77. The Hall–Kier alpha value is -1.25. The second-order valence-electron chi connectivity index (χ2n) is 5.82. The molecule has 0 bridgehead atoms. The van der Waals surface area contributed by atoms with Gasteiger partial charge in [0.2, 0.25) is 0 Å². The predicted octanol–water partition coefficient (Wildman–Crippen LogP) is 4.75. The molecule has 0 spiro atoms. The molecule has 2 aromatic rings. The lowest BCUT2D eigenvalue weighted by Crippen LogP contribution is -2.02.